The fraction of sp³-hybridized carbons (Fsp3) is 0.872. The molecule has 9 nitrogen and oxygen atoms in total. The fourth-order valence-electron chi connectivity index (χ4n) is 6.74. The standard InChI is InChI=1S/C47H90NO8P/c1-3-5-7-9-11-13-15-17-19-21-22-24-26-28-30-32-34-36-38-40-47(50)56-45(44-55-57(51,52)54-42-41-48)43-53-46(49)39-37-35-33-31-29-27-25-23-20-18-16-14-12-10-8-6-4-2/h17-20,45H,3-16,21-44,48H2,1-2H3,(H,51,52)/b19-17+,20-18+/t45-/m1/s1. The summed E-state index contributed by atoms with van der Waals surface area (Å²) in [5.74, 6) is -0.827. The average molecular weight is 828 g/mol. The lowest BCUT2D eigenvalue weighted by Crippen LogP contribution is -2.29. The highest BCUT2D eigenvalue weighted by atomic mass is 31.2. The highest BCUT2D eigenvalue weighted by Gasteiger charge is 2.26. The Morgan fingerprint density at radius 1 is 0.509 bits per heavy atom. The van der Waals surface area contributed by atoms with E-state index in [4.69, 9.17) is 24.3 Å². The molecule has 0 aliphatic heterocycles. The fourth-order valence-corrected chi connectivity index (χ4v) is 7.51. The molecule has 3 N–H and O–H groups in total. The first kappa shape index (κ1) is 55.5. The third-order valence-corrected chi connectivity index (χ3v) is 11.3. The lowest BCUT2D eigenvalue weighted by Gasteiger charge is -2.19. The van der Waals surface area contributed by atoms with E-state index in [1.165, 1.54) is 148 Å². The van der Waals surface area contributed by atoms with E-state index in [-0.39, 0.29) is 38.6 Å². The minimum atomic E-state index is -4.38. The van der Waals surface area contributed by atoms with Gasteiger partial charge in [0.2, 0.25) is 0 Å². The molecule has 0 saturated carbocycles. The molecule has 10 heteroatoms. The molecule has 0 aromatic carbocycles. The molecule has 0 heterocycles. The number of phosphoric acid groups is 1. The molecule has 0 saturated heterocycles. The van der Waals surface area contributed by atoms with Gasteiger partial charge in [0.05, 0.1) is 13.2 Å². The monoisotopic (exact) mass is 828 g/mol. The third kappa shape index (κ3) is 43.9. The molecule has 0 bridgehead atoms. The van der Waals surface area contributed by atoms with E-state index in [2.05, 4.69) is 38.2 Å². The van der Waals surface area contributed by atoms with Gasteiger partial charge in [-0.15, -0.1) is 0 Å². The topological polar surface area (TPSA) is 134 Å². The van der Waals surface area contributed by atoms with Crippen molar-refractivity contribution < 1.29 is 37.6 Å². The van der Waals surface area contributed by atoms with E-state index in [1.54, 1.807) is 0 Å². The molecule has 0 amide bonds. The van der Waals surface area contributed by atoms with Crippen molar-refractivity contribution in [3.8, 4) is 0 Å². The number of phosphoric ester groups is 1. The summed E-state index contributed by atoms with van der Waals surface area (Å²) >= 11 is 0. The van der Waals surface area contributed by atoms with Gasteiger partial charge in [-0.2, -0.15) is 0 Å². The first-order chi connectivity index (χ1) is 27.8. The lowest BCUT2D eigenvalue weighted by atomic mass is 10.1. The second kappa shape index (κ2) is 44.1. The molecule has 1 unspecified atom stereocenters. The van der Waals surface area contributed by atoms with E-state index in [0.717, 1.165) is 51.4 Å². The molecule has 0 spiro atoms. The predicted octanol–water partition coefficient (Wildman–Crippen LogP) is 13.9. The van der Waals surface area contributed by atoms with Gasteiger partial charge in [0.15, 0.2) is 6.10 Å². The second-order valence-corrected chi connectivity index (χ2v) is 17.4. The van der Waals surface area contributed by atoms with Crippen molar-refractivity contribution in [1.82, 2.24) is 0 Å². The molecule has 0 aromatic rings. The van der Waals surface area contributed by atoms with Crippen LogP contribution in [0.15, 0.2) is 24.3 Å². The summed E-state index contributed by atoms with van der Waals surface area (Å²) in [6, 6.07) is 0. The van der Waals surface area contributed by atoms with Crippen LogP contribution >= 0.6 is 7.82 Å². The summed E-state index contributed by atoms with van der Waals surface area (Å²) in [5, 5.41) is 0. The van der Waals surface area contributed by atoms with Gasteiger partial charge >= 0.3 is 19.8 Å². The maximum Gasteiger partial charge on any atom is 0.472 e. The number of nitrogens with two attached hydrogens (primary N) is 1. The van der Waals surface area contributed by atoms with Crippen LogP contribution in [0, 0.1) is 0 Å². The summed E-state index contributed by atoms with van der Waals surface area (Å²) < 4.78 is 32.9. The van der Waals surface area contributed by atoms with Gasteiger partial charge in [-0.3, -0.25) is 18.6 Å². The van der Waals surface area contributed by atoms with Gasteiger partial charge in [0.25, 0.3) is 0 Å². The molecule has 0 rings (SSSR count). The zero-order valence-corrected chi connectivity index (χ0v) is 38.0. The van der Waals surface area contributed by atoms with Crippen LogP contribution in [0.5, 0.6) is 0 Å². The predicted molar refractivity (Wildman–Crippen MR) is 238 cm³/mol. The van der Waals surface area contributed by atoms with E-state index in [9.17, 15) is 19.0 Å². The molecule has 0 fully saturated rings. The van der Waals surface area contributed by atoms with Crippen LogP contribution in [0.4, 0.5) is 0 Å². The first-order valence-corrected chi connectivity index (χ1v) is 25.3. The minimum Gasteiger partial charge on any atom is -0.462 e. The molecule has 0 radical (unpaired) electrons. The molecule has 336 valence electrons. The second-order valence-electron chi connectivity index (χ2n) is 16.0. The molecule has 2 atom stereocenters. The van der Waals surface area contributed by atoms with Gasteiger partial charge in [-0.05, 0) is 64.2 Å². The summed E-state index contributed by atoms with van der Waals surface area (Å²) in [5.41, 5.74) is 5.36. The maximum absolute atomic E-state index is 12.6. The van der Waals surface area contributed by atoms with Crippen LogP contribution in [0.2, 0.25) is 0 Å². The van der Waals surface area contributed by atoms with E-state index < -0.39 is 26.5 Å². The number of hydrogen-bond acceptors (Lipinski definition) is 8. The minimum absolute atomic E-state index is 0.0538. The smallest absolute Gasteiger partial charge is 0.462 e. The largest absolute Gasteiger partial charge is 0.472 e. The molecule has 57 heavy (non-hydrogen) atoms. The molecular weight excluding hydrogens is 737 g/mol. The first-order valence-electron chi connectivity index (χ1n) is 23.8. The van der Waals surface area contributed by atoms with Crippen LogP contribution < -0.4 is 5.73 Å². The number of esters is 2. The van der Waals surface area contributed by atoms with Crippen LogP contribution in [-0.2, 0) is 32.7 Å². The van der Waals surface area contributed by atoms with E-state index in [1.807, 2.05) is 0 Å². The molecular formula is C47H90NO8P. The van der Waals surface area contributed by atoms with Crippen LogP contribution in [0.25, 0.3) is 0 Å². The van der Waals surface area contributed by atoms with Gasteiger partial charge in [-0.25, -0.2) is 4.57 Å². The number of allylic oxidation sites excluding steroid dienone is 4. The Morgan fingerprint density at radius 3 is 1.25 bits per heavy atom. The Balaban J connectivity index is 4.09. The zero-order valence-electron chi connectivity index (χ0n) is 37.1. The van der Waals surface area contributed by atoms with Crippen LogP contribution in [0.1, 0.15) is 232 Å². The molecule has 0 aliphatic rings. The highest BCUT2D eigenvalue weighted by molar-refractivity contribution is 7.47. The molecule has 0 aliphatic carbocycles. The Labute approximate surface area is 351 Å². The van der Waals surface area contributed by atoms with Gasteiger partial charge < -0.3 is 20.1 Å². The van der Waals surface area contributed by atoms with Crippen molar-refractivity contribution in [1.29, 1.82) is 0 Å². The van der Waals surface area contributed by atoms with E-state index in [0.29, 0.717) is 6.42 Å². The quantitative estimate of drug-likeness (QED) is 0.0266. The van der Waals surface area contributed by atoms with Gasteiger partial charge in [0.1, 0.15) is 6.61 Å². The average Bonchev–Trinajstić information content (AvgIpc) is 3.20. The Kier molecular flexibility index (Phi) is 42.9. The maximum atomic E-state index is 12.6. The van der Waals surface area contributed by atoms with Crippen molar-refractivity contribution in [3.05, 3.63) is 24.3 Å². The number of rotatable bonds is 45. The van der Waals surface area contributed by atoms with Gasteiger partial charge in [-0.1, -0.05) is 179 Å². The summed E-state index contributed by atoms with van der Waals surface area (Å²) in [7, 11) is -4.38. The molecule has 0 aromatic heterocycles. The third-order valence-electron chi connectivity index (χ3n) is 10.3. The Morgan fingerprint density at radius 2 is 0.860 bits per heavy atom. The van der Waals surface area contributed by atoms with Crippen LogP contribution in [0.3, 0.4) is 0 Å². The number of carbonyl (C=O) groups is 2. The van der Waals surface area contributed by atoms with E-state index >= 15 is 0 Å². The SMILES string of the molecule is CCCCCCCC/C=C/CCCCCCCCCCCC(=O)O[C@H](COC(=O)CCCCCCCCC/C=C/CCCCCCCC)COP(=O)(O)OCCN. The summed E-state index contributed by atoms with van der Waals surface area (Å²) in [6.45, 7) is 3.75. The number of carbonyl (C=O) groups excluding carboxylic acids is 2. The lowest BCUT2D eigenvalue weighted by molar-refractivity contribution is -0.161. The van der Waals surface area contributed by atoms with Crippen LogP contribution in [-0.4, -0.2) is 49.3 Å². The van der Waals surface area contributed by atoms with Crippen molar-refractivity contribution in [2.24, 2.45) is 5.73 Å². The van der Waals surface area contributed by atoms with Crippen molar-refractivity contribution in [2.75, 3.05) is 26.4 Å². The number of hydrogen-bond donors (Lipinski definition) is 2. The normalized spacial score (nSPS) is 13.4. The van der Waals surface area contributed by atoms with Crippen molar-refractivity contribution >= 4 is 19.8 Å². The Bertz CT molecular complexity index is 990. The highest BCUT2D eigenvalue weighted by Crippen LogP contribution is 2.43. The summed E-state index contributed by atoms with van der Waals surface area (Å²) in [6.07, 6.45) is 47.8. The zero-order chi connectivity index (χ0) is 41.8. The summed E-state index contributed by atoms with van der Waals surface area (Å²) in [4.78, 5) is 35.0. The Hall–Kier alpha value is -1.51. The number of ether oxygens (including phenoxy) is 2. The van der Waals surface area contributed by atoms with Gasteiger partial charge in [0, 0.05) is 19.4 Å². The van der Waals surface area contributed by atoms with Crippen molar-refractivity contribution in [3.63, 3.8) is 0 Å². The number of unbranched alkanes of at least 4 members (excludes halogenated alkanes) is 28. The van der Waals surface area contributed by atoms with Crippen molar-refractivity contribution in [2.45, 2.75) is 238 Å².